The highest BCUT2D eigenvalue weighted by Crippen LogP contribution is 2.26. The number of benzene rings is 2. The fourth-order valence-electron chi connectivity index (χ4n) is 2.36. The highest BCUT2D eigenvalue weighted by atomic mass is 16.5. The molecule has 3 amide bonds. The Kier molecular flexibility index (Phi) is 4.14. The maximum atomic E-state index is 12.3. The van der Waals surface area contributed by atoms with Gasteiger partial charge in [0.15, 0.2) is 0 Å². The quantitative estimate of drug-likeness (QED) is 0.815. The molecule has 0 spiro atoms. The van der Waals surface area contributed by atoms with E-state index in [1.54, 1.807) is 37.4 Å². The van der Waals surface area contributed by atoms with E-state index in [2.05, 4.69) is 16.0 Å². The molecule has 0 saturated carbocycles. The summed E-state index contributed by atoms with van der Waals surface area (Å²) in [5.74, 6) is 0.679. The third-order valence-corrected chi connectivity index (χ3v) is 3.58. The SMILES string of the molecule is CNC(=O)Nc1ccc(NC(=O)c2ccc3c(c2)CCO3)cc1. The van der Waals surface area contributed by atoms with Crippen LogP contribution in [0.3, 0.4) is 0 Å². The molecular weight excluding hydrogens is 294 g/mol. The van der Waals surface area contributed by atoms with Crippen LogP contribution in [0, 0.1) is 0 Å². The van der Waals surface area contributed by atoms with Crippen LogP contribution in [-0.2, 0) is 6.42 Å². The fourth-order valence-corrected chi connectivity index (χ4v) is 2.36. The van der Waals surface area contributed by atoms with Gasteiger partial charge in [-0.1, -0.05) is 0 Å². The lowest BCUT2D eigenvalue weighted by molar-refractivity contribution is 0.102. The van der Waals surface area contributed by atoms with Gasteiger partial charge in [-0.15, -0.1) is 0 Å². The summed E-state index contributed by atoms with van der Waals surface area (Å²) in [6, 6.07) is 12.1. The van der Waals surface area contributed by atoms with E-state index in [1.807, 2.05) is 12.1 Å². The topological polar surface area (TPSA) is 79.5 Å². The Morgan fingerprint density at radius 3 is 2.39 bits per heavy atom. The molecule has 118 valence electrons. The zero-order chi connectivity index (χ0) is 16.2. The van der Waals surface area contributed by atoms with Crippen LogP contribution in [0.1, 0.15) is 15.9 Å². The molecule has 1 aliphatic rings. The number of hydrogen-bond donors (Lipinski definition) is 3. The highest BCUT2D eigenvalue weighted by molar-refractivity contribution is 6.04. The summed E-state index contributed by atoms with van der Waals surface area (Å²) in [4.78, 5) is 23.5. The van der Waals surface area contributed by atoms with Gasteiger partial charge in [0.2, 0.25) is 0 Å². The summed E-state index contributed by atoms with van der Waals surface area (Å²) in [7, 11) is 1.55. The van der Waals surface area contributed by atoms with Crippen molar-refractivity contribution in [3.63, 3.8) is 0 Å². The zero-order valence-corrected chi connectivity index (χ0v) is 12.7. The first-order chi connectivity index (χ1) is 11.2. The number of rotatable bonds is 3. The Bertz CT molecular complexity index is 741. The second-order valence-electron chi connectivity index (χ2n) is 5.16. The second kappa shape index (κ2) is 6.39. The second-order valence-corrected chi connectivity index (χ2v) is 5.16. The molecule has 23 heavy (non-hydrogen) atoms. The maximum Gasteiger partial charge on any atom is 0.318 e. The molecule has 0 saturated heterocycles. The normalized spacial score (nSPS) is 12.0. The Morgan fingerprint density at radius 1 is 1.00 bits per heavy atom. The van der Waals surface area contributed by atoms with Crippen LogP contribution in [0.2, 0.25) is 0 Å². The number of hydrogen-bond acceptors (Lipinski definition) is 3. The van der Waals surface area contributed by atoms with Gasteiger partial charge >= 0.3 is 6.03 Å². The van der Waals surface area contributed by atoms with Crippen molar-refractivity contribution in [3.05, 3.63) is 53.6 Å². The van der Waals surface area contributed by atoms with Gasteiger partial charge in [0, 0.05) is 30.4 Å². The van der Waals surface area contributed by atoms with Crippen molar-refractivity contribution in [2.75, 3.05) is 24.3 Å². The molecule has 6 heteroatoms. The van der Waals surface area contributed by atoms with Crippen molar-refractivity contribution in [1.29, 1.82) is 0 Å². The number of fused-ring (bicyclic) bond motifs is 1. The van der Waals surface area contributed by atoms with Crippen molar-refractivity contribution >= 4 is 23.3 Å². The summed E-state index contributed by atoms with van der Waals surface area (Å²) in [6.45, 7) is 0.667. The average Bonchev–Trinajstić information content (AvgIpc) is 3.04. The molecule has 2 aromatic rings. The van der Waals surface area contributed by atoms with E-state index in [-0.39, 0.29) is 11.9 Å². The van der Waals surface area contributed by atoms with E-state index in [0.29, 0.717) is 23.5 Å². The number of anilines is 2. The van der Waals surface area contributed by atoms with Crippen molar-refractivity contribution in [2.45, 2.75) is 6.42 Å². The lowest BCUT2D eigenvalue weighted by atomic mass is 10.1. The Balaban J connectivity index is 1.67. The number of carbonyl (C=O) groups is 2. The lowest BCUT2D eigenvalue weighted by Crippen LogP contribution is -2.24. The molecule has 1 heterocycles. The van der Waals surface area contributed by atoms with Crippen LogP contribution in [-0.4, -0.2) is 25.6 Å². The predicted molar refractivity (Wildman–Crippen MR) is 88.1 cm³/mol. The van der Waals surface area contributed by atoms with Gasteiger partial charge in [0.05, 0.1) is 6.61 Å². The number of urea groups is 1. The number of amides is 3. The van der Waals surface area contributed by atoms with Crippen molar-refractivity contribution in [2.24, 2.45) is 0 Å². The van der Waals surface area contributed by atoms with E-state index in [1.165, 1.54) is 0 Å². The van der Waals surface area contributed by atoms with Gasteiger partial charge in [-0.25, -0.2) is 4.79 Å². The van der Waals surface area contributed by atoms with Crippen LogP contribution in [0.15, 0.2) is 42.5 Å². The summed E-state index contributed by atoms with van der Waals surface area (Å²) in [6.07, 6.45) is 0.830. The molecule has 3 rings (SSSR count). The molecule has 0 atom stereocenters. The predicted octanol–water partition coefficient (Wildman–Crippen LogP) is 2.63. The van der Waals surface area contributed by atoms with Gasteiger partial charge in [-0.05, 0) is 48.0 Å². The van der Waals surface area contributed by atoms with E-state index in [9.17, 15) is 9.59 Å². The molecule has 6 nitrogen and oxygen atoms in total. The van der Waals surface area contributed by atoms with Gasteiger partial charge in [0.25, 0.3) is 5.91 Å². The molecule has 0 aromatic heterocycles. The van der Waals surface area contributed by atoms with E-state index < -0.39 is 0 Å². The molecule has 0 fully saturated rings. The number of ether oxygens (including phenoxy) is 1. The van der Waals surface area contributed by atoms with Gasteiger partial charge in [-0.2, -0.15) is 0 Å². The molecular formula is C17H17N3O3. The number of carbonyl (C=O) groups excluding carboxylic acids is 2. The first-order valence-corrected chi connectivity index (χ1v) is 7.31. The first kappa shape index (κ1) is 14.9. The average molecular weight is 311 g/mol. The standard InChI is InChI=1S/C17H17N3O3/c1-18-17(22)20-14-5-3-13(4-6-14)19-16(21)12-2-7-15-11(10-12)8-9-23-15/h2-7,10H,8-9H2,1H3,(H,19,21)(H2,18,20,22). The van der Waals surface area contributed by atoms with Crippen LogP contribution in [0.25, 0.3) is 0 Å². The summed E-state index contributed by atoms with van der Waals surface area (Å²) < 4.78 is 5.43. The molecule has 1 aliphatic heterocycles. The minimum atomic E-state index is -0.290. The number of nitrogens with one attached hydrogen (secondary N) is 3. The van der Waals surface area contributed by atoms with Crippen LogP contribution < -0.4 is 20.7 Å². The third kappa shape index (κ3) is 3.42. The molecule has 0 aliphatic carbocycles. The molecule has 3 N–H and O–H groups in total. The Hall–Kier alpha value is -3.02. The van der Waals surface area contributed by atoms with Gasteiger partial charge < -0.3 is 20.7 Å². The molecule has 0 radical (unpaired) electrons. The van der Waals surface area contributed by atoms with Gasteiger partial charge in [0.1, 0.15) is 5.75 Å². The van der Waals surface area contributed by atoms with Crippen LogP contribution in [0.5, 0.6) is 5.75 Å². The monoisotopic (exact) mass is 311 g/mol. The molecule has 0 bridgehead atoms. The molecule has 0 unspecified atom stereocenters. The van der Waals surface area contributed by atoms with E-state index in [0.717, 1.165) is 17.7 Å². The fraction of sp³-hybridized carbons (Fsp3) is 0.176. The minimum Gasteiger partial charge on any atom is -0.493 e. The van der Waals surface area contributed by atoms with Crippen molar-refractivity contribution in [1.82, 2.24) is 5.32 Å². The summed E-state index contributed by atoms with van der Waals surface area (Å²) >= 11 is 0. The Morgan fingerprint density at radius 2 is 1.70 bits per heavy atom. The maximum absolute atomic E-state index is 12.3. The van der Waals surface area contributed by atoms with Crippen LogP contribution >= 0.6 is 0 Å². The van der Waals surface area contributed by atoms with Gasteiger partial charge in [-0.3, -0.25) is 4.79 Å². The minimum absolute atomic E-state index is 0.174. The van der Waals surface area contributed by atoms with E-state index >= 15 is 0 Å². The van der Waals surface area contributed by atoms with Crippen molar-refractivity contribution in [3.8, 4) is 5.75 Å². The summed E-state index contributed by atoms with van der Waals surface area (Å²) in [5, 5.41) is 7.96. The lowest BCUT2D eigenvalue weighted by Gasteiger charge is -2.08. The van der Waals surface area contributed by atoms with Crippen molar-refractivity contribution < 1.29 is 14.3 Å². The highest BCUT2D eigenvalue weighted by Gasteiger charge is 2.15. The smallest absolute Gasteiger partial charge is 0.318 e. The van der Waals surface area contributed by atoms with Crippen LogP contribution in [0.4, 0.5) is 16.2 Å². The molecule has 2 aromatic carbocycles. The Labute approximate surface area is 133 Å². The van der Waals surface area contributed by atoms with E-state index in [4.69, 9.17) is 4.74 Å². The first-order valence-electron chi connectivity index (χ1n) is 7.31. The third-order valence-electron chi connectivity index (χ3n) is 3.58. The zero-order valence-electron chi connectivity index (χ0n) is 12.7. The summed E-state index contributed by atoms with van der Waals surface area (Å²) in [5.41, 5.74) is 2.97. The largest absolute Gasteiger partial charge is 0.493 e.